The molecule has 0 bridgehead atoms. The van der Waals surface area contributed by atoms with E-state index >= 15 is 0 Å². The Balaban J connectivity index is 1.53. The number of hydrazine groups is 1. The highest BCUT2D eigenvalue weighted by atomic mass is 127. The molecule has 2 amide bonds. The molecule has 0 atom stereocenters. The van der Waals surface area contributed by atoms with Crippen LogP contribution in [0, 0.1) is 3.57 Å². The molecule has 0 aliphatic carbocycles. The van der Waals surface area contributed by atoms with Gasteiger partial charge in [-0.15, -0.1) is 0 Å². The maximum Gasteiger partial charge on any atom is 0.270 e. The fourth-order valence-corrected chi connectivity index (χ4v) is 2.97. The average Bonchev–Trinajstić information content (AvgIpc) is 2.72. The van der Waals surface area contributed by atoms with Gasteiger partial charge in [-0.2, -0.15) is 0 Å². The number of nitrogens with one attached hydrogen (secondary N) is 2. The van der Waals surface area contributed by atoms with Crippen LogP contribution in [0.1, 0.15) is 26.3 Å². The summed E-state index contributed by atoms with van der Waals surface area (Å²) in [5, 5.41) is 0. The summed E-state index contributed by atoms with van der Waals surface area (Å²) in [6.07, 6.45) is 0. The Kier molecular flexibility index (Phi) is 6.43. The molecule has 0 saturated carbocycles. The summed E-state index contributed by atoms with van der Waals surface area (Å²) >= 11 is 2.07. The minimum absolute atomic E-state index is 0.365. The standard InChI is InChI=1S/C21H17IN2O3/c22-19-9-5-4-8-18(19)21(26)24-23-20(25)16-10-12-17(13-11-16)27-14-15-6-2-1-3-7-15/h1-13H,14H2,(H,23,25)(H,24,26). The van der Waals surface area contributed by atoms with Gasteiger partial charge < -0.3 is 4.74 Å². The van der Waals surface area contributed by atoms with Crippen molar-refractivity contribution in [2.45, 2.75) is 6.61 Å². The van der Waals surface area contributed by atoms with Crippen LogP contribution in [-0.4, -0.2) is 11.8 Å². The fourth-order valence-electron chi connectivity index (χ4n) is 2.34. The van der Waals surface area contributed by atoms with E-state index in [1.54, 1.807) is 36.4 Å². The molecule has 0 saturated heterocycles. The first-order valence-electron chi connectivity index (χ1n) is 8.25. The van der Waals surface area contributed by atoms with E-state index < -0.39 is 5.91 Å². The van der Waals surface area contributed by atoms with Gasteiger partial charge in [0.1, 0.15) is 12.4 Å². The van der Waals surface area contributed by atoms with Crippen LogP contribution in [0.3, 0.4) is 0 Å². The minimum atomic E-state index is -0.399. The smallest absolute Gasteiger partial charge is 0.270 e. The number of hydrogen-bond acceptors (Lipinski definition) is 3. The summed E-state index contributed by atoms with van der Waals surface area (Å²) in [6, 6.07) is 23.7. The SMILES string of the molecule is O=C(NNC(=O)c1ccccc1I)c1ccc(OCc2ccccc2)cc1. The number of carbonyl (C=O) groups is 2. The lowest BCUT2D eigenvalue weighted by molar-refractivity contribution is 0.0846. The maximum absolute atomic E-state index is 12.2. The molecule has 0 aliphatic heterocycles. The molecule has 0 aliphatic rings. The van der Waals surface area contributed by atoms with Gasteiger partial charge in [-0.3, -0.25) is 20.4 Å². The van der Waals surface area contributed by atoms with Gasteiger partial charge in [0.05, 0.1) is 5.56 Å². The second kappa shape index (κ2) is 9.18. The maximum atomic E-state index is 12.2. The third-order valence-electron chi connectivity index (χ3n) is 3.77. The fraction of sp³-hybridized carbons (Fsp3) is 0.0476. The van der Waals surface area contributed by atoms with Gasteiger partial charge in [-0.1, -0.05) is 42.5 Å². The third kappa shape index (κ3) is 5.30. The molecule has 0 fully saturated rings. The first-order valence-corrected chi connectivity index (χ1v) is 9.33. The van der Waals surface area contributed by atoms with Crippen molar-refractivity contribution in [2.24, 2.45) is 0 Å². The van der Waals surface area contributed by atoms with Gasteiger partial charge >= 0.3 is 0 Å². The first-order chi connectivity index (χ1) is 13.1. The van der Waals surface area contributed by atoms with Crippen LogP contribution in [0.25, 0.3) is 0 Å². The van der Waals surface area contributed by atoms with Crippen LogP contribution < -0.4 is 15.6 Å². The summed E-state index contributed by atoms with van der Waals surface area (Å²) < 4.78 is 6.50. The Bertz CT molecular complexity index is 928. The van der Waals surface area contributed by atoms with Crippen molar-refractivity contribution in [3.05, 3.63) is 99.1 Å². The summed E-state index contributed by atoms with van der Waals surface area (Å²) in [4.78, 5) is 24.3. The van der Waals surface area contributed by atoms with E-state index in [1.165, 1.54) is 0 Å². The minimum Gasteiger partial charge on any atom is -0.489 e. The second-order valence-corrected chi connectivity index (χ2v) is 6.85. The molecule has 6 heteroatoms. The number of hydrogen-bond donors (Lipinski definition) is 2. The number of ether oxygens (including phenoxy) is 1. The molecule has 0 unspecified atom stereocenters. The van der Waals surface area contributed by atoms with E-state index in [-0.39, 0.29) is 5.91 Å². The monoisotopic (exact) mass is 472 g/mol. The molecule has 0 radical (unpaired) electrons. The average molecular weight is 472 g/mol. The van der Waals surface area contributed by atoms with E-state index in [2.05, 4.69) is 33.4 Å². The zero-order valence-corrected chi connectivity index (χ0v) is 16.5. The molecule has 0 aromatic heterocycles. The lowest BCUT2D eigenvalue weighted by atomic mass is 10.2. The number of carbonyl (C=O) groups excluding carboxylic acids is 2. The van der Waals surface area contributed by atoms with Gasteiger partial charge in [0, 0.05) is 9.13 Å². The third-order valence-corrected chi connectivity index (χ3v) is 4.71. The van der Waals surface area contributed by atoms with Gasteiger partial charge in [0.15, 0.2) is 0 Å². The zero-order chi connectivity index (χ0) is 19.1. The van der Waals surface area contributed by atoms with Crippen LogP contribution in [-0.2, 0) is 6.61 Å². The van der Waals surface area contributed by atoms with Crippen molar-refractivity contribution in [3.8, 4) is 5.75 Å². The van der Waals surface area contributed by atoms with Crippen LogP contribution in [0.5, 0.6) is 5.75 Å². The van der Waals surface area contributed by atoms with Crippen LogP contribution in [0.15, 0.2) is 78.9 Å². The Labute approximate surface area is 170 Å². The molecule has 3 aromatic carbocycles. The summed E-state index contributed by atoms with van der Waals surface area (Å²) in [7, 11) is 0. The highest BCUT2D eigenvalue weighted by Crippen LogP contribution is 2.14. The normalized spacial score (nSPS) is 10.1. The van der Waals surface area contributed by atoms with Gasteiger partial charge in [-0.25, -0.2) is 0 Å². The summed E-state index contributed by atoms with van der Waals surface area (Å²) in [5.41, 5.74) is 6.84. The number of amides is 2. The van der Waals surface area contributed by atoms with Gasteiger partial charge in [-0.05, 0) is 64.6 Å². The molecule has 3 aromatic rings. The van der Waals surface area contributed by atoms with Crippen molar-refractivity contribution >= 4 is 34.4 Å². The molecule has 3 rings (SSSR count). The highest BCUT2D eigenvalue weighted by Gasteiger charge is 2.11. The Morgan fingerprint density at radius 1 is 0.778 bits per heavy atom. The molecule has 0 spiro atoms. The van der Waals surface area contributed by atoms with Crippen LogP contribution in [0.4, 0.5) is 0 Å². The number of halogens is 1. The molecule has 2 N–H and O–H groups in total. The van der Waals surface area contributed by atoms with E-state index in [4.69, 9.17) is 4.74 Å². The van der Waals surface area contributed by atoms with E-state index in [9.17, 15) is 9.59 Å². The Morgan fingerprint density at radius 3 is 2.11 bits per heavy atom. The van der Waals surface area contributed by atoms with E-state index in [1.807, 2.05) is 42.5 Å². The highest BCUT2D eigenvalue weighted by molar-refractivity contribution is 14.1. The van der Waals surface area contributed by atoms with Crippen molar-refractivity contribution in [1.82, 2.24) is 10.9 Å². The largest absolute Gasteiger partial charge is 0.489 e. The first kappa shape index (κ1) is 18.9. The zero-order valence-electron chi connectivity index (χ0n) is 14.3. The molecule has 0 heterocycles. The molecule has 136 valence electrons. The van der Waals surface area contributed by atoms with E-state index in [0.717, 1.165) is 9.13 Å². The lowest BCUT2D eigenvalue weighted by Crippen LogP contribution is -2.41. The predicted molar refractivity (Wildman–Crippen MR) is 111 cm³/mol. The Hall–Kier alpha value is -2.87. The Morgan fingerprint density at radius 2 is 1.41 bits per heavy atom. The van der Waals surface area contributed by atoms with Gasteiger partial charge in [0.25, 0.3) is 11.8 Å². The van der Waals surface area contributed by atoms with Crippen molar-refractivity contribution in [1.29, 1.82) is 0 Å². The molecular formula is C21H17IN2O3. The number of rotatable bonds is 5. The predicted octanol–water partition coefficient (Wildman–Crippen LogP) is 3.95. The molecule has 27 heavy (non-hydrogen) atoms. The second-order valence-electron chi connectivity index (χ2n) is 5.69. The van der Waals surface area contributed by atoms with Gasteiger partial charge in [0.2, 0.25) is 0 Å². The molecular weight excluding hydrogens is 455 g/mol. The summed E-state index contributed by atoms with van der Waals surface area (Å²) in [6.45, 7) is 0.456. The number of benzene rings is 3. The van der Waals surface area contributed by atoms with Crippen LogP contribution >= 0.6 is 22.6 Å². The van der Waals surface area contributed by atoms with E-state index in [0.29, 0.717) is 23.5 Å². The van der Waals surface area contributed by atoms with Crippen molar-refractivity contribution < 1.29 is 14.3 Å². The molecule has 5 nitrogen and oxygen atoms in total. The van der Waals surface area contributed by atoms with Crippen molar-refractivity contribution in [3.63, 3.8) is 0 Å². The summed E-state index contributed by atoms with van der Waals surface area (Å²) in [5.74, 6) is -0.0988. The van der Waals surface area contributed by atoms with Crippen LogP contribution in [0.2, 0.25) is 0 Å². The lowest BCUT2D eigenvalue weighted by Gasteiger charge is -2.10. The topological polar surface area (TPSA) is 67.4 Å². The quantitative estimate of drug-likeness (QED) is 0.437. The van der Waals surface area contributed by atoms with Crippen molar-refractivity contribution in [2.75, 3.05) is 0 Å².